The van der Waals surface area contributed by atoms with Gasteiger partial charge < -0.3 is 0 Å². The molecule has 0 amide bonds. The smallest absolute Gasteiger partial charge is 0.148 e. The number of nitrogens with zero attached hydrogens (tertiary/aromatic N) is 3. The Balaban J connectivity index is 2.60. The Hall–Kier alpha value is -1.64. The SMILES string of the molecule is Cc1nc(C)n(-c2ccccc2C)n1. The summed E-state index contributed by atoms with van der Waals surface area (Å²) in [6.07, 6.45) is 0. The number of hydrogen-bond acceptors (Lipinski definition) is 2. The van der Waals surface area contributed by atoms with Gasteiger partial charge in [-0.2, -0.15) is 5.10 Å². The Morgan fingerprint density at radius 3 is 2.36 bits per heavy atom. The van der Waals surface area contributed by atoms with Crippen LogP contribution in [0.2, 0.25) is 0 Å². The highest BCUT2D eigenvalue weighted by atomic mass is 15.3. The predicted octanol–water partition coefficient (Wildman–Crippen LogP) is 2.19. The van der Waals surface area contributed by atoms with Crippen LogP contribution in [0.5, 0.6) is 0 Å². The lowest BCUT2D eigenvalue weighted by molar-refractivity contribution is 0.825. The first kappa shape index (κ1) is 8.94. The zero-order valence-corrected chi connectivity index (χ0v) is 8.65. The van der Waals surface area contributed by atoms with Crippen LogP contribution in [0, 0.1) is 20.8 Å². The normalized spacial score (nSPS) is 10.5. The average Bonchev–Trinajstić information content (AvgIpc) is 2.46. The first-order chi connectivity index (χ1) is 6.68. The summed E-state index contributed by atoms with van der Waals surface area (Å²) in [7, 11) is 0. The fourth-order valence-electron chi connectivity index (χ4n) is 1.55. The zero-order chi connectivity index (χ0) is 10.1. The van der Waals surface area contributed by atoms with Gasteiger partial charge in [-0.25, -0.2) is 9.67 Å². The Bertz CT molecular complexity index is 457. The van der Waals surface area contributed by atoms with Gasteiger partial charge in [0.25, 0.3) is 0 Å². The van der Waals surface area contributed by atoms with Gasteiger partial charge in [-0.15, -0.1) is 0 Å². The highest BCUT2D eigenvalue weighted by Crippen LogP contribution is 2.13. The van der Waals surface area contributed by atoms with Gasteiger partial charge in [-0.3, -0.25) is 0 Å². The number of aromatic nitrogens is 3. The second kappa shape index (κ2) is 3.25. The lowest BCUT2D eigenvalue weighted by Gasteiger charge is -2.05. The first-order valence-electron chi connectivity index (χ1n) is 4.65. The van der Waals surface area contributed by atoms with Crippen molar-refractivity contribution >= 4 is 0 Å². The Morgan fingerprint density at radius 2 is 1.79 bits per heavy atom. The lowest BCUT2D eigenvalue weighted by Crippen LogP contribution is -2.01. The zero-order valence-electron chi connectivity index (χ0n) is 8.65. The monoisotopic (exact) mass is 187 g/mol. The van der Waals surface area contributed by atoms with Crippen LogP contribution in [-0.4, -0.2) is 14.8 Å². The summed E-state index contributed by atoms with van der Waals surface area (Å²) in [6.45, 7) is 5.94. The van der Waals surface area contributed by atoms with Gasteiger partial charge in [0.15, 0.2) is 0 Å². The van der Waals surface area contributed by atoms with Gasteiger partial charge in [0.05, 0.1) is 5.69 Å². The van der Waals surface area contributed by atoms with Gasteiger partial charge in [0.2, 0.25) is 0 Å². The van der Waals surface area contributed by atoms with Crippen LogP contribution < -0.4 is 0 Å². The van der Waals surface area contributed by atoms with E-state index in [1.54, 1.807) is 0 Å². The van der Waals surface area contributed by atoms with E-state index < -0.39 is 0 Å². The molecular formula is C11H13N3. The third-order valence-corrected chi connectivity index (χ3v) is 2.22. The van der Waals surface area contributed by atoms with Crippen molar-refractivity contribution in [3.8, 4) is 5.69 Å². The van der Waals surface area contributed by atoms with Crippen molar-refractivity contribution in [2.75, 3.05) is 0 Å². The standard InChI is InChI=1S/C11H13N3/c1-8-6-4-5-7-11(8)14-10(3)12-9(2)13-14/h4-7H,1-3H3. The molecule has 0 unspecified atom stereocenters. The molecule has 2 aromatic rings. The quantitative estimate of drug-likeness (QED) is 0.685. The second-order valence-electron chi connectivity index (χ2n) is 3.40. The molecule has 0 spiro atoms. The number of benzene rings is 1. The minimum Gasteiger partial charge on any atom is -0.218 e. The predicted molar refractivity (Wildman–Crippen MR) is 55.6 cm³/mol. The third-order valence-electron chi connectivity index (χ3n) is 2.22. The van der Waals surface area contributed by atoms with Crippen LogP contribution in [-0.2, 0) is 0 Å². The fraction of sp³-hybridized carbons (Fsp3) is 0.273. The van der Waals surface area contributed by atoms with Crippen LogP contribution in [0.25, 0.3) is 5.69 Å². The fourth-order valence-corrected chi connectivity index (χ4v) is 1.55. The summed E-state index contributed by atoms with van der Waals surface area (Å²) >= 11 is 0. The van der Waals surface area contributed by atoms with Crippen molar-refractivity contribution in [2.45, 2.75) is 20.8 Å². The van der Waals surface area contributed by atoms with E-state index in [0.29, 0.717) is 0 Å². The van der Waals surface area contributed by atoms with Gasteiger partial charge in [-0.1, -0.05) is 18.2 Å². The number of hydrogen-bond donors (Lipinski definition) is 0. The van der Waals surface area contributed by atoms with E-state index >= 15 is 0 Å². The van der Waals surface area contributed by atoms with Crippen molar-refractivity contribution < 1.29 is 0 Å². The Kier molecular flexibility index (Phi) is 2.08. The maximum Gasteiger partial charge on any atom is 0.148 e. The molecule has 1 aromatic carbocycles. The van der Waals surface area contributed by atoms with Crippen LogP contribution >= 0.6 is 0 Å². The Labute approximate surface area is 83.4 Å². The molecule has 0 bridgehead atoms. The summed E-state index contributed by atoms with van der Waals surface area (Å²) in [4.78, 5) is 4.28. The minimum absolute atomic E-state index is 0.811. The van der Waals surface area contributed by atoms with E-state index in [4.69, 9.17) is 0 Å². The minimum atomic E-state index is 0.811. The average molecular weight is 187 g/mol. The second-order valence-corrected chi connectivity index (χ2v) is 3.40. The highest BCUT2D eigenvalue weighted by Gasteiger charge is 2.06. The molecule has 0 aliphatic carbocycles. The number of aryl methyl sites for hydroxylation is 3. The molecule has 0 saturated carbocycles. The highest BCUT2D eigenvalue weighted by molar-refractivity contribution is 5.39. The van der Waals surface area contributed by atoms with Crippen molar-refractivity contribution in [3.63, 3.8) is 0 Å². The largest absolute Gasteiger partial charge is 0.218 e. The van der Waals surface area contributed by atoms with Crippen molar-refractivity contribution in [1.29, 1.82) is 0 Å². The summed E-state index contributed by atoms with van der Waals surface area (Å²) in [5, 5.41) is 4.35. The van der Waals surface area contributed by atoms with E-state index in [1.165, 1.54) is 5.56 Å². The molecule has 0 fully saturated rings. The van der Waals surface area contributed by atoms with Crippen molar-refractivity contribution in [3.05, 3.63) is 41.5 Å². The summed E-state index contributed by atoms with van der Waals surface area (Å²) < 4.78 is 1.88. The molecule has 14 heavy (non-hydrogen) atoms. The van der Waals surface area contributed by atoms with Gasteiger partial charge >= 0.3 is 0 Å². The van der Waals surface area contributed by atoms with Crippen molar-refractivity contribution in [2.24, 2.45) is 0 Å². The van der Waals surface area contributed by atoms with Gasteiger partial charge in [0, 0.05) is 0 Å². The molecule has 2 rings (SSSR count). The molecule has 1 heterocycles. The maximum absolute atomic E-state index is 4.35. The van der Waals surface area contributed by atoms with Crippen LogP contribution in [0.3, 0.4) is 0 Å². The van der Waals surface area contributed by atoms with Gasteiger partial charge in [-0.05, 0) is 32.4 Å². The summed E-state index contributed by atoms with van der Waals surface area (Å²) in [5.74, 6) is 1.74. The van der Waals surface area contributed by atoms with Crippen LogP contribution in [0.15, 0.2) is 24.3 Å². The van der Waals surface area contributed by atoms with Gasteiger partial charge in [0.1, 0.15) is 11.6 Å². The van der Waals surface area contributed by atoms with E-state index in [9.17, 15) is 0 Å². The molecule has 0 N–H and O–H groups in total. The maximum atomic E-state index is 4.35. The molecule has 72 valence electrons. The third kappa shape index (κ3) is 1.41. The van der Waals surface area contributed by atoms with Crippen LogP contribution in [0.1, 0.15) is 17.2 Å². The van der Waals surface area contributed by atoms with E-state index in [1.807, 2.05) is 30.7 Å². The van der Waals surface area contributed by atoms with E-state index in [-0.39, 0.29) is 0 Å². The lowest BCUT2D eigenvalue weighted by atomic mass is 10.2. The van der Waals surface area contributed by atoms with Crippen LogP contribution in [0.4, 0.5) is 0 Å². The van der Waals surface area contributed by atoms with E-state index in [2.05, 4.69) is 29.1 Å². The molecular weight excluding hydrogens is 174 g/mol. The summed E-state index contributed by atoms with van der Waals surface area (Å²) in [5.41, 5.74) is 2.31. The first-order valence-corrected chi connectivity index (χ1v) is 4.65. The molecule has 0 radical (unpaired) electrons. The molecule has 1 aromatic heterocycles. The molecule has 0 aliphatic heterocycles. The van der Waals surface area contributed by atoms with Crippen molar-refractivity contribution in [1.82, 2.24) is 14.8 Å². The Morgan fingerprint density at radius 1 is 1.07 bits per heavy atom. The summed E-state index contributed by atoms with van der Waals surface area (Å²) in [6, 6.07) is 8.17. The molecule has 0 aliphatic rings. The topological polar surface area (TPSA) is 30.7 Å². The number of para-hydroxylation sites is 1. The molecule has 0 atom stereocenters. The number of rotatable bonds is 1. The molecule has 3 heteroatoms. The molecule has 0 saturated heterocycles. The molecule has 3 nitrogen and oxygen atoms in total. The van der Waals surface area contributed by atoms with E-state index in [0.717, 1.165) is 17.3 Å².